The van der Waals surface area contributed by atoms with Crippen LogP contribution in [0, 0.1) is 0 Å². The normalized spacial score (nSPS) is 12.4. The molecule has 2 N–H and O–H groups in total. The van der Waals surface area contributed by atoms with Gasteiger partial charge in [0.2, 0.25) is 0 Å². The van der Waals surface area contributed by atoms with E-state index in [4.69, 9.17) is 38.2 Å². The van der Waals surface area contributed by atoms with E-state index < -0.39 is 12.1 Å². The molecule has 0 saturated heterocycles. The van der Waals surface area contributed by atoms with Crippen molar-refractivity contribution in [3.63, 3.8) is 0 Å². The highest BCUT2D eigenvalue weighted by molar-refractivity contribution is 6.33. The first-order chi connectivity index (χ1) is 7.56. The van der Waals surface area contributed by atoms with Gasteiger partial charge in [0.05, 0.1) is 13.2 Å². The summed E-state index contributed by atoms with van der Waals surface area (Å²) in [7, 11) is 0. The number of halogens is 2. The number of carboxylic acids is 1. The Balaban J connectivity index is 3.00. The topological polar surface area (TPSA) is 66.8 Å². The van der Waals surface area contributed by atoms with E-state index in [1.54, 1.807) is 6.07 Å². The van der Waals surface area contributed by atoms with Crippen molar-refractivity contribution < 1.29 is 19.7 Å². The molecule has 1 aromatic carbocycles. The van der Waals surface area contributed by atoms with Crippen LogP contribution in [0.5, 0.6) is 0 Å². The van der Waals surface area contributed by atoms with Gasteiger partial charge in [-0.3, -0.25) is 0 Å². The zero-order chi connectivity index (χ0) is 12.1. The Morgan fingerprint density at radius 3 is 2.69 bits per heavy atom. The highest BCUT2D eigenvalue weighted by Gasteiger charge is 2.23. The van der Waals surface area contributed by atoms with Crippen LogP contribution in [0.3, 0.4) is 0 Å². The van der Waals surface area contributed by atoms with Crippen LogP contribution in [0.25, 0.3) is 0 Å². The van der Waals surface area contributed by atoms with Gasteiger partial charge < -0.3 is 14.9 Å². The van der Waals surface area contributed by atoms with Crippen LogP contribution >= 0.6 is 23.2 Å². The van der Waals surface area contributed by atoms with E-state index in [1.807, 2.05) is 0 Å². The number of aliphatic carboxylic acids is 1. The van der Waals surface area contributed by atoms with E-state index in [-0.39, 0.29) is 23.8 Å². The second kappa shape index (κ2) is 6.06. The minimum absolute atomic E-state index is 0.0835. The fourth-order valence-corrected chi connectivity index (χ4v) is 1.58. The van der Waals surface area contributed by atoms with Crippen molar-refractivity contribution in [2.45, 2.75) is 6.10 Å². The Bertz CT molecular complexity index is 381. The molecule has 4 nitrogen and oxygen atoms in total. The van der Waals surface area contributed by atoms with Crippen LogP contribution in [0.15, 0.2) is 18.2 Å². The smallest absolute Gasteiger partial charge is 0.337 e. The Morgan fingerprint density at radius 2 is 2.12 bits per heavy atom. The van der Waals surface area contributed by atoms with Gasteiger partial charge in [-0.05, 0) is 18.2 Å². The monoisotopic (exact) mass is 264 g/mol. The van der Waals surface area contributed by atoms with Gasteiger partial charge in [0.25, 0.3) is 0 Å². The summed E-state index contributed by atoms with van der Waals surface area (Å²) in [5.41, 5.74) is 0.273. The van der Waals surface area contributed by atoms with E-state index in [1.165, 1.54) is 12.1 Å². The molecule has 0 heterocycles. The molecular formula is C10H10Cl2O4. The second-order valence-corrected chi connectivity index (χ2v) is 3.82. The van der Waals surface area contributed by atoms with Gasteiger partial charge in [-0.1, -0.05) is 23.2 Å². The predicted octanol–water partition coefficient (Wildman–Crippen LogP) is 2.13. The lowest BCUT2D eigenvalue weighted by atomic mass is 10.1. The Kier molecular flexibility index (Phi) is 5.02. The second-order valence-electron chi connectivity index (χ2n) is 2.98. The number of ether oxygens (including phenoxy) is 1. The summed E-state index contributed by atoms with van der Waals surface area (Å²) in [6.07, 6.45) is -1.22. The minimum atomic E-state index is -1.22. The van der Waals surface area contributed by atoms with Crippen LogP contribution in [0.4, 0.5) is 0 Å². The molecule has 0 fully saturated rings. The maximum atomic E-state index is 11.0. The molecule has 0 aliphatic heterocycles. The predicted molar refractivity (Wildman–Crippen MR) is 59.9 cm³/mol. The number of carbonyl (C=O) groups is 1. The van der Waals surface area contributed by atoms with E-state index in [0.717, 1.165) is 0 Å². The summed E-state index contributed by atoms with van der Waals surface area (Å²) in [4.78, 5) is 11.0. The van der Waals surface area contributed by atoms with Gasteiger partial charge in [-0.2, -0.15) is 0 Å². The van der Waals surface area contributed by atoms with Gasteiger partial charge >= 0.3 is 5.97 Å². The molecule has 16 heavy (non-hydrogen) atoms. The average molecular weight is 265 g/mol. The number of rotatable bonds is 5. The molecule has 0 radical (unpaired) electrons. The molecule has 0 aliphatic rings. The van der Waals surface area contributed by atoms with Crippen LogP contribution in [-0.2, 0) is 9.53 Å². The number of hydrogen-bond donors (Lipinski definition) is 2. The molecule has 0 bridgehead atoms. The standard InChI is InChI=1S/C10H10Cl2O4/c11-6-1-2-8(12)7(5-6)9(10(14)15)16-4-3-13/h1-2,5,9,13H,3-4H2,(H,14,15). The highest BCUT2D eigenvalue weighted by atomic mass is 35.5. The fourth-order valence-electron chi connectivity index (χ4n) is 1.18. The van der Waals surface area contributed by atoms with Crippen LogP contribution in [0.2, 0.25) is 10.0 Å². The van der Waals surface area contributed by atoms with Gasteiger partial charge in [0, 0.05) is 15.6 Å². The van der Waals surface area contributed by atoms with Gasteiger partial charge in [0.15, 0.2) is 6.10 Å². The third kappa shape index (κ3) is 3.35. The maximum Gasteiger partial charge on any atom is 0.337 e. The molecule has 6 heteroatoms. The van der Waals surface area contributed by atoms with Gasteiger partial charge in [0.1, 0.15) is 0 Å². The van der Waals surface area contributed by atoms with Gasteiger partial charge in [-0.15, -0.1) is 0 Å². The molecule has 88 valence electrons. The number of hydrogen-bond acceptors (Lipinski definition) is 3. The lowest BCUT2D eigenvalue weighted by molar-refractivity contribution is -0.151. The fraction of sp³-hybridized carbons (Fsp3) is 0.300. The molecule has 1 unspecified atom stereocenters. The number of aliphatic hydroxyl groups excluding tert-OH is 1. The molecule has 0 aromatic heterocycles. The van der Waals surface area contributed by atoms with E-state index >= 15 is 0 Å². The SMILES string of the molecule is O=C(O)C(OCCO)c1cc(Cl)ccc1Cl. The van der Waals surface area contributed by atoms with E-state index in [9.17, 15) is 4.79 Å². The Morgan fingerprint density at radius 1 is 1.44 bits per heavy atom. The van der Waals surface area contributed by atoms with Crippen LogP contribution < -0.4 is 0 Å². The Hall–Kier alpha value is -0.810. The average Bonchev–Trinajstić information content (AvgIpc) is 2.23. The molecule has 0 spiro atoms. The summed E-state index contributed by atoms with van der Waals surface area (Å²) in [5, 5.41) is 18.2. The third-order valence-corrected chi connectivity index (χ3v) is 2.42. The highest BCUT2D eigenvalue weighted by Crippen LogP contribution is 2.28. The number of benzene rings is 1. The lowest BCUT2D eigenvalue weighted by Gasteiger charge is -2.14. The molecule has 1 atom stereocenters. The van der Waals surface area contributed by atoms with E-state index in [2.05, 4.69) is 0 Å². The van der Waals surface area contributed by atoms with Crippen molar-refractivity contribution in [2.75, 3.05) is 13.2 Å². The summed E-state index contributed by atoms with van der Waals surface area (Å²) in [5.74, 6) is -1.18. The number of carboxylic acid groups (broad SMARTS) is 1. The Labute approximate surface area is 102 Å². The van der Waals surface area contributed by atoms with Crippen molar-refractivity contribution in [2.24, 2.45) is 0 Å². The quantitative estimate of drug-likeness (QED) is 0.855. The summed E-state index contributed by atoms with van der Waals surface area (Å²) < 4.78 is 4.98. The van der Waals surface area contributed by atoms with Crippen molar-refractivity contribution in [1.82, 2.24) is 0 Å². The minimum Gasteiger partial charge on any atom is -0.479 e. The number of aliphatic hydroxyl groups is 1. The molecule has 1 aromatic rings. The summed E-state index contributed by atoms with van der Waals surface area (Å²) in [6.45, 7) is -0.345. The molecular weight excluding hydrogens is 255 g/mol. The summed E-state index contributed by atoms with van der Waals surface area (Å²) in [6, 6.07) is 4.48. The van der Waals surface area contributed by atoms with Gasteiger partial charge in [-0.25, -0.2) is 4.79 Å². The first kappa shape index (κ1) is 13.3. The largest absolute Gasteiger partial charge is 0.479 e. The molecule has 0 amide bonds. The molecule has 1 rings (SSSR count). The van der Waals surface area contributed by atoms with Crippen molar-refractivity contribution in [3.05, 3.63) is 33.8 Å². The zero-order valence-electron chi connectivity index (χ0n) is 8.19. The van der Waals surface area contributed by atoms with Crippen LogP contribution in [-0.4, -0.2) is 29.4 Å². The third-order valence-electron chi connectivity index (χ3n) is 1.84. The van der Waals surface area contributed by atoms with Crippen molar-refractivity contribution >= 4 is 29.2 Å². The van der Waals surface area contributed by atoms with Crippen molar-refractivity contribution in [3.8, 4) is 0 Å². The zero-order valence-corrected chi connectivity index (χ0v) is 9.70. The lowest BCUT2D eigenvalue weighted by Crippen LogP contribution is -2.17. The first-order valence-corrected chi connectivity index (χ1v) is 5.22. The maximum absolute atomic E-state index is 11.0. The molecule has 0 aliphatic carbocycles. The summed E-state index contributed by atoms with van der Waals surface area (Å²) >= 11 is 11.6. The van der Waals surface area contributed by atoms with Crippen LogP contribution in [0.1, 0.15) is 11.7 Å². The van der Waals surface area contributed by atoms with Crippen molar-refractivity contribution in [1.29, 1.82) is 0 Å². The first-order valence-electron chi connectivity index (χ1n) is 4.46. The molecule has 0 saturated carbocycles. The van der Waals surface area contributed by atoms with E-state index in [0.29, 0.717) is 5.02 Å².